The normalized spacial score (nSPS) is 10.2. The Kier molecular flexibility index (Phi) is 4.90. The average molecular weight is 290 g/mol. The van der Waals surface area contributed by atoms with Crippen molar-refractivity contribution in [2.24, 2.45) is 0 Å². The molecule has 5 heteroatoms. The van der Waals surface area contributed by atoms with E-state index in [1.165, 1.54) is 12.1 Å². The standard InChI is InChI=1S/C15H14O4S/c16-12-2-1-3-14(10-12)20-9-8-19-13-6-4-11(5-7-13)15(17)18/h1-7,10,16H,8-9H2,(H,17,18). The molecule has 104 valence electrons. The van der Waals surface area contributed by atoms with Crippen LogP contribution in [0.3, 0.4) is 0 Å². The molecule has 0 bridgehead atoms. The molecule has 0 spiro atoms. The average Bonchev–Trinajstić information content (AvgIpc) is 2.44. The number of carboxylic acids is 1. The number of carbonyl (C=O) groups is 1. The molecule has 0 aliphatic carbocycles. The highest BCUT2D eigenvalue weighted by atomic mass is 32.2. The fourth-order valence-electron chi connectivity index (χ4n) is 1.59. The third-order valence-corrected chi connectivity index (χ3v) is 3.50. The van der Waals surface area contributed by atoms with Gasteiger partial charge in [-0.15, -0.1) is 11.8 Å². The highest BCUT2D eigenvalue weighted by Gasteiger charge is 2.02. The van der Waals surface area contributed by atoms with Crippen LogP contribution in [0.2, 0.25) is 0 Å². The minimum atomic E-state index is -0.948. The van der Waals surface area contributed by atoms with Gasteiger partial charge in [0.05, 0.1) is 12.2 Å². The predicted octanol–water partition coefficient (Wildman–Crippen LogP) is 3.26. The number of hydrogen-bond donors (Lipinski definition) is 2. The Labute approximate surface area is 121 Å². The van der Waals surface area contributed by atoms with Crippen LogP contribution in [0.5, 0.6) is 11.5 Å². The quantitative estimate of drug-likeness (QED) is 0.631. The fraction of sp³-hybridized carbons (Fsp3) is 0.133. The molecule has 0 heterocycles. The first-order valence-corrected chi connectivity index (χ1v) is 7.02. The van der Waals surface area contributed by atoms with Gasteiger partial charge in [-0.3, -0.25) is 0 Å². The van der Waals surface area contributed by atoms with E-state index in [-0.39, 0.29) is 11.3 Å². The maximum absolute atomic E-state index is 10.7. The van der Waals surface area contributed by atoms with E-state index in [0.29, 0.717) is 12.4 Å². The first kappa shape index (κ1) is 14.3. The van der Waals surface area contributed by atoms with Gasteiger partial charge < -0.3 is 14.9 Å². The van der Waals surface area contributed by atoms with Gasteiger partial charge in [0.25, 0.3) is 0 Å². The zero-order valence-corrected chi connectivity index (χ0v) is 11.5. The number of aromatic hydroxyl groups is 1. The minimum absolute atomic E-state index is 0.242. The van der Waals surface area contributed by atoms with Gasteiger partial charge in [0, 0.05) is 10.6 Å². The zero-order chi connectivity index (χ0) is 14.4. The van der Waals surface area contributed by atoms with Gasteiger partial charge in [-0.25, -0.2) is 4.79 Å². The van der Waals surface area contributed by atoms with Crippen molar-refractivity contribution in [3.05, 3.63) is 54.1 Å². The van der Waals surface area contributed by atoms with E-state index in [9.17, 15) is 9.90 Å². The fourth-order valence-corrected chi connectivity index (χ4v) is 2.37. The second kappa shape index (κ2) is 6.86. The van der Waals surface area contributed by atoms with Crippen molar-refractivity contribution in [3.8, 4) is 11.5 Å². The van der Waals surface area contributed by atoms with Crippen LogP contribution < -0.4 is 4.74 Å². The summed E-state index contributed by atoms with van der Waals surface area (Å²) in [6.07, 6.45) is 0. The van der Waals surface area contributed by atoms with Crippen LogP contribution >= 0.6 is 11.8 Å². The largest absolute Gasteiger partial charge is 0.508 e. The Morgan fingerprint density at radius 2 is 1.90 bits per heavy atom. The smallest absolute Gasteiger partial charge is 0.335 e. The molecule has 0 aliphatic heterocycles. The SMILES string of the molecule is O=C(O)c1ccc(OCCSc2cccc(O)c2)cc1. The number of phenols is 1. The van der Waals surface area contributed by atoms with Crippen molar-refractivity contribution >= 4 is 17.7 Å². The number of benzene rings is 2. The molecular formula is C15H14O4S. The second-order valence-corrected chi connectivity index (χ2v) is 5.19. The summed E-state index contributed by atoms with van der Waals surface area (Å²) in [5.74, 6) is 0.687. The number of rotatable bonds is 6. The van der Waals surface area contributed by atoms with Crippen LogP contribution in [0.15, 0.2) is 53.4 Å². The molecule has 0 fully saturated rings. The molecule has 2 aromatic carbocycles. The number of hydrogen-bond acceptors (Lipinski definition) is 4. The van der Waals surface area contributed by atoms with Gasteiger partial charge in [-0.1, -0.05) is 6.07 Å². The monoisotopic (exact) mass is 290 g/mol. The van der Waals surface area contributed by atoms with E-state index < -0.39 is 5.97 Å². The predicted molar refractivity (Wildman–Crippen MR) is 77.7 cm³/mol. The Morgan fingerprint density at radius 3 is 2.55 bits per heavy atom. The molecule has 20 heavy (non-hydrogen) atoms. The van der Waals surface area contributed by atoms with Gasteiger partial charge in [0.15, 0.2) is 0 Å². The molecule has 0 radical (unpaired) electrons. The summed E-state index contributed by atoms with van der Waals surface area (Å²) < 4.78 is 5.52. The molecular weight excluding hydrogens is 276 g/mol. The molecule has 0 saturated carbocycles. The molecule has 4 nitrogen and oxygen atoms in total. The first-order valence-electron chi connectivity index (χ1n) is 6.03. The van der Waals surface area contributed by atoms with Gasteiger partial charge in [-0.2, -0.15) is 0 Å². The summed E-state index contributed by atoms with van der Waals surface area (Å²) in [6, 6.07) is 13.4. The van der Waals surface area contributed by atoms with Crippen molar-refractivity contribution in [2.45, 2.75) is 4.90 Å². The van der Waals surface area contributed by atoms with Crippen molar-refractivity contribution < 1.29 is 19.7 Å². The summed E-state index contributed by atoms with van der Waals surface area (Å²) in [5.41, 5.74) is 0.242. The van der Waals surface area contributed by atoms with Crippen LogP contribution in [0.1, 0.15) is 10.4 Å². The molecule has 2 N–H and O–H groups in total. The zero-order valence-electron chi connectivity index (χ0n) is 10.7. The van der Waals surface area contributed by atoms with Crippen molar-refractivity contribution in [2.75, 3.05) is 12.4 Å². The van der Waals surface area contributed by atoms with E-state index >= 15 is 0 Å². The van der Waals surface area contributed by atoms with Crippen molar-refractivity contribution in [3.63, 3.8) is 0 Å². The van der Waals surface area contributed by atoms with Crippen LogP contribution in [0, 0.1) is 0 Å². The molecule has 0 atom stereocenters. The van der Waals surface area contributed by atoms with Crippen LogP contribution in [-0.2, 0) is 0 Å². The highest BCUT2D eigenvalue weighted by molar-refractivity contribution is 7.99. The molecule has 2 aromatic rings. The summed E-state index contributed by atoms with van der Waals surface area (Å²) in [5, 5.41) is 18.1. The van der Waals surface area contributed by atoms with E-state index in [2.05, 4.69) is 0 Å². The Bertz CT molecular complexity index is 581. The highest BCUT2D eigenvalue weighted by Crippen LogP contribution is 2.22. The number of aromatic carboxylic acids is 1. The molecule has 0 aromatic heterocycles. The van der Waals surface area contributed by atoms with Gasteiger partial charge in [-0.05, 0) is 42.5 Å². The van der Waals surface area contributed by atoms with E-state index in [4.69, 9.17) is 9.84 Å². The minimum Gasteiger partial charge on any atom is -0.508 e. The van der Waals surface area contributed by atoms with Crippen molar-refractivity contribution in [1.82, 2.24) is 0 Å². The van der Waals surface area contributed by atoms with Gasteiger partial charge in [0.2, 0.25) is 0 Å². The summed E-state index contributed by atoms with van der Waals surface area (Å²) in [4.78, 5) is 11.7. The summed E-state index contributed by atoms with van der Waals surface area (Å²) in [7, 11) is 0. The van der Waals surface area contributed by atoms with E-state index in [0.717, 1.165) is 10.6 Å². The van der Waals surface area contributed by atoms with Crippen LogP contribution in [0.25, 0.3) is 0 Å². The second-order valence-electron chi connectivity index (χ2n) is 4.02. The molecule has 0 unspecified atom stereocenters. The maximum atomic E-state index is 10.7. The molecule has 0 aliphatic rings. The number of thioether (sulfide) groups is 1. The Morgan fingerprint density at radius 1 is 1.15 bits per heavy atom. The van der Waals surface area contributed by atoms with Crippen molar-refractivity contribution in [1.29, 1.82) is 0 Å². The lowest BCUT2D eigenvalue weighted by Crippen LogP contribution is -2.01. The lowest BCUT2D eigenvalue weighted by Gasteiger charge is -2.06. The van der Waals surface area contributed by atoms with Crippen LogP contribution in [-0.4, -0.2) is 28.5 Å². The van der Waals surface area contributed by atoms with Gasteiger partial charge in [0.1, 0.15) is 11.5 Å². The van der Waals surface area contributed by atoms with Gasteiger partial charge >= 0.3 is 5.97 Å². The molecule has 0 amide bonds. The summed E-state index contributed by atoms with van der Waals surface area (Å²) >= 11 is 1.58. The topological polar surface area (TPSA) is 66.8 Å². The number of ether oxygens (including phenoxy) is 1. The molecule has 2 rings (SSSR count). The number of carboxylic acid groups (broad SMARTS) is 1. The van der Waals surface area contributed by atoms with E-state index in [1.54, 1.807) is 42.1 Å². The summed E-state index contributed by atoms with van der Waals surface area (Å²) in [6.45, 7) is 0.507. The lowest BCUT2D eigenvalue weighted by atomic mass is 10.2. The third kappa shape index (κ3) is 4.20. The first-order chi connectivity index (χ1) is 9.65. The Hall–Kier alpha value is -2.14. The third-order valence-electron chi connectivity index (χ3n) is 2.54. The van der Waals surface area contributed by atoms with E-state index in [1.807, 2.05) is 6.07 Å². The lowest BCUT2D eigenvalue weighted by molar-refractivity contribution is 0.0697. The van der Waals surface area contributed by atoms with Crippen LogP contribution in [0.4, 0.5) is 0 Å². The number of phenolic OH excluding ortho intramolecular Hbond substituents is 1. The maximum Gasteiger partial charge on any atom is 0.335 e. The molecule has 0 saturated heterocycles. The Balaban J connectivity index is 1.77.